The molecule has 5 nitrogen and oxygen atoms in total. The molecule has 2 atom stereocenters. The Morgan fingerprint density at radius 2 is 2.25 bits per heavy atom. The largest absolute Gasteiger partial charge is 0.466 e. The van der Waals surface area contributed by atoms with Gasteiger partial charge in [-0.1, -0.05) is 13.0 Å². The van der Waals surface area contributed by atoms with Gasteiger partial charge in [0.15, 0.2) is 0 Å². The molecule has 0 saturated heterocycles. The molecule has 0 aliphatic heterocycles. The number of carbonyl (C=O) groups excluding carboxylic acids is 1. The molecule has 1 saturated carbocycles. The summed E-state index contributed by atoms with van der Waals surface area (Å²) in [5.74, 6) is 3.31. The van der Waals surface area contributed by atoms with Gasteiger partial charge in [0, 0.05) is 31.2 Å². The molecule has 24 heavy (non-hydrogen) atoms. The predicted octanol–water partition coefficient (Wildman–Crippen LogP) is 3.30. The highest BCUT2D eigenvalue weighted by Crippen LogP contribution is 2.47. The molecule has 0 aromatic carbocycles. The van der Waals surface area contributed by atoms with Crippen LogP contribution in [0, 0.1) is 5.92 Å². The SMILES string of the molecule is C[C@@H]1C[C@@H]1c1ccc(CCC(=O)NCc2cn3ccccc3n2)o1. The molecule has 0 radical (unpaired) electrons. The number of amides is 1. The zero-order valence-electron chi connectivity index (χ0n) is 13.7. The van der Waals surface area contributed by atoms with Crippen LogP contribution in [0.3, 0.4) is 0 Å². The van der Waals surface area contributed by atoms with Gasteiger partial charge in [-0.2, -0.15) is 0 Å². The van der Waals surface area contributed by atoms with Crippen LogP contribution in [0.15, 0.2) is 47.1 Å². The minimum atomic E-state index is 0.0183. The third-order valence-corrected chi connectivity index (χ3v) is 4.64. The number of hydrogen-bond donors (Lipinski definition) is 1. The number of aromatic nitrogens is 2. The van der Waals surface area contributed by atoms with E-state index >= 15 is 0 Å². The highest BCUT2D eigenvalue weighted by Gasteiger charge is 2.36. The van der Waals surface area contributed by atoms with Gasteiger partial charge in [0.05, 0.1) is 12.2 Å². The summed E-state index contributed by atoms with van der Waals surface area (Å²) in [5, 5.41) is 2.92. The van der Waals surface area contributed by atoms with Gasteiger partial charge in [-0.05, 0) is 36.6 Å². The van der Waals surface area contributed by atoms with Crippen molar-refractivity contribution in [3.63, 3.8) is 0 Å². The van der Waals surface area contributed by atoms with Crippen molar-refractivity contribution in [2.75, 3.05) is 0 Å². The van der Waals surface area contributed by atoms with E-state index in [0.717, 1.165) is 28.8 Å². The van der Waals surface area contributed by atoms with Crippen LogP contribution in [0.1, 0.15) is 42.9 Å². The fraction of sp³-hybridized carbons (Fsp3) is 0.368. The van der Waals surface area contributed by atoms with E-state index in [9.17, 15) is 4.79 Å². The second kappa shape index (κ2) is 6.15. The van der Waals surface area contributed by atoms with Crippen molar-refractivity contribution in [2.45, 2.75) is 38.6 Å². The maximum absolute atomic E-state index is 12.0. The van der Waals surface area contributed by atoms with E-state index in [4.69, 9.17) is 4.42 Å². The van der Waals surface area contributed by atoms with Gasteiger partial charge in [0.1, 0.15) is 17.2 Å². The number of hydrogen-bond acceptors (Lipinski definition) is 3. The topological polar surface area (TPSA) is 59.5 Å². The molecule has 0 bridgehead atoms. The third kappa shape index (κ3) is 3.20. The lowest BCUT2D eigenvalue weighted by Gasteiger charge is -2.02. The van der Waals surface area contributed by atoms with Gasteiger partial charge in [0.25, 0.3) is 0 Å². The Morgan fingerprint density at radius 3 is 3.04 bits per heavy atom. The molecular weight excluding hydrogens is 302 g/mol. The molecule has 3 heterocycles. The van der Waals surface area contributed by atoms with Gasteiger partial charge in [-0.3, -0.25) is 4.79 Å². The molecule has 3 aromatic heterocycles. The van der Waals surface area contributed by atoms with Crippen LogP contribution in [-0.2, 0) is 17.8 Å². The Hall–Kier alpha value is -2.56. The van der Waals surface area contributed by atoms with Crippen molar-refractivity contribution in [2.24, 2.45) is 5.92 Å². The molecule has 1 fully saturated rings. The number of fused-ring (bicyclic) bond motifs is 1. The average Bonchev–Trinajstić information content (AvgIpc) is 3.02. The summed E-state index contributed by atoms with van der Waals surface area (Å²) in [6.45, 7) is 2.68. The highest BCUT2D eigenvalue weighted by molar-refractivity contribution is 5.76. The number of rotatable bonds is 6. The highest BCUT2D eigenvalue weighted by atomic mass is 16.3. The number of imidazole rings is 1. The molecule has 4 rings (SSSR count). The van der Waals surface area contributed by atoms with Gasteiger partial charge < -0.3 is 14.1 Å². The van der Waals surface area contributed by atoms with Crippen LogP contribution < -0.4 is 5.32 Å². The summed E-state index contributed by atoms with van der Waals surface area (Å²) >= 11 is 0. The van der Waals surface area contributed by atoms with Crippen molar-refractivity contribution in [1.29, 1.82) is 0 Å². The van der Waals surface area contributed by atoms with Crippen molar-refractivity contribution in [3.05, 3.63) is 59.9 Å². The van der Waals surface area contributed by atoms with Crippen LogP contribution >= 0.6 is 0 Å². The quantitative estimate of drug-likeness (QED) is 0.757. The van der Waals surface area contributed by atoms with Crippen molar-refractivity contribution < 1.29 is 9.21 Å². The number of nitrogens with one attached hydrogen (secondary N) is 1. The lowest BCUT2D eigenvalue weighted by molar-refractivity contribution is -0.121. The van der Waals surface area contributed by atoms with Crippen molar-refractivity contribution >= 4 is 11.6 Å². The fourth-order valence-electron chi connectivity index (χ4n) is 3.03. The number of pyridine rings is 1. The van der Waals surface area contributed by atoms with E-state index in [1.165, 1.54) is 6.42 Å². The molecule has 0 unspecified atom stereocenters. The predicted molar refractivity (Wildman–Crippen MR) is 90.6 cm³/mol. The molecule has 0 spiro atoms. The van der Waals surface area contributed by atoms with Gasteiger partial charge in [-0.15, -0.1) is 0 Å². The average molecular weight is 323 g/mol. The first-order valence-corrected chi connectivity index (χ1v) is 8.47. The summed E-state index contributed by atoms with van der Waals surface area (Å²) in [6, 6.07) is 9.90. The number of nitrogens with zero attached hydrogens (tertiary/aromatic N) is 2. The van der Waals surface area contributed by atoms with Crippen LogP contribution in [-0.4, -0.2) is 15.3 Å². The third-order valence-electron chi connectivity index (χ3n) is 4.64. The summed E-state index contributed by atoms with van der Waals surface area (Å²) < 4.78 is 7.78. The standard InChI is InChI=1S/C19H21N3O2/c1-13-10-16(13)17-7-5-15(24-17)6-8-19(23)20-11-14-12-22-9-3-2-4-18(22)21-14/h2-5,7,9,12-13,16H,6,8,10-11H2,1H3,(H,20,23)/t13-,16+/m1/s1. The zero-order valence-corrected chi connectivity index (χ0v) is 13.7. The Morgan fingerprint density at radius 1 is 1.38 bits per heavy atom. The molecule has 124 valence electrons. The Kier molecular flexibility index (Phi) is 3.84. The maximum atomic E-state index is 12.0. The van der Waals surface area contributed by atoms with Crippen LogP contribution in [0.5, 0.6) is 0 Å². The zero-order chi connectivity index (χ0) is 16.5. The number of furan rings is 1. The Bertz CT molecular complexity index is 831. The van der Waals surface area contributed by atoms with Gasteiger partial charge in [0.2, 0.25) is 5.91 Å². The van der Waals surface area contributed by atoms with E-state index in [0.29, 0.717) is 25.3 Å². The Balaban J connectivity index is 1.26. The minimum absolute atomic E-state index is 0.0183. The maximum Gasteiger partial charge on any atom is 0.220 e. The van der Waals surface area contributed by atoms with E-state index in [1.807, 2.05) is 41.1 Å². The second-order valence-corrected chi connectivity index (χ2v) is 6.60. The molecule has 1 amide bonds. The minimum Gasteiger partial charge on any atom is -0.466 e. The van der Waals surface area contributed by atoms with Crippen molar-refractivity contribution in [1.82, 2.24) is 14.7 Å². The first kappa shape index (κ1) is 15.0. The first-order chi connectivity index (χ1) is 11.7. The molecule has 1 N–H and O–H groups in total. The van der Waals surface area contributed by atoms with E-state index < -0.39 is 0 Å². The monoisotopic (exact) mass is 323 g/mol. The molecule has 1 aliphatic rings. The van der Waals surface area contributed by atoms with E-state index in [-0.39, 0.29) is 5.91 Å². The lowest BCUT2D eigenvalue weighted by atomic mass is 10.2. The lowest BCUT2D eigenvalue weighted by Crippen LogP contribution is -2.23. The molecule has 1 aliphatic carbocycles. The first-order valence-electron chi connectivity index (χ1n) is 8.47. The summed E-state index contributed by atoms with van der Waals surface area (Å²) in [6.07, 6.45) is 6.17. The van der Waals surface area contributed by atoms with Gasteiger partial charge >= 0.3 is 0 Å². The molecular formula is C19H21N3O2. The summed E-state index contributed by atoms with van der Waals surface area (Å²) in [5.41, 5.74) is 1.75. The van der Waals surface area contributed by atoms with Crippen LogP contribution in [0.25, 0.3) is 5.65 Å². The Labute approximate surface area is 140 Å². The van der Waals surface area contributed by atoms with Crippen LogP contribution in [0.4, 0.5) is 0 Å². The summed E-state index contributed by atoms with van der Waals surface area (Å²) in [4.78, 5) is 16.5. The fourth-order valence-corrected chi connectivity index (χ4v) is 3.03. The van der Waals surface area contributed by atoms with Crippen LogP contribution in [0.2, 0.25) is 0 Å². The number of aryl methyl sites for hydroxylation is 1. The molecule has 5 heteroatoms. The van der Waals surface area contributed by atoms with E-state index in [1.54, 1.807) is 0 Å². The number of carbonyl (C=O) groups is 1. The smallest absolute Gasteiger partial charge is 0.220 e. The van der Waals surface area contributed by atoms with Gasteiger partial charge in [-0.25, -0.2) is 4.98 Å². The normalized spacial score (nSPS) is 19.5. The second-order valence-electron chi connectivity index (χ2n) is 6.60. The summed E-state index contributed by atoms with van der Waals surface area (Å²) in [7, 11) is 0. The van der Waals surface area contributed by atoms with E-state index in [2.05, 4.69) is 23.3 Å². The molecule has 3 aromatic rings. The van der Waals surface area contributed by atoms with Crippen molar-refractivity contribution in [3.8, 4) is 0 Å².